The number of para-hydroxylation sites is 1. The summed E-state index contributed by atoms with van der Waals surface area (Å²) in [7, 11) is -2.14. The molecule has 3 aromatic carbocycles. The Labute approximate surface area is 306 Å². The lowest BCUT2D eigenvalue weighted by molar-refractivity contribution is -0.386. The lowest BCUT2D eigenvalue weighted by atomic mass is 10.0. The molecular weight excluding hydrogens is 719 g/mol. The minimum atomic E-state index is -3.90. The first kappa shape index (κ1) is 42.9. The molecule has 0 amide bonds. The molecule has 0 bridgehead atoms. The quantitative estimate of drug-likeness (QED) is 0.0209. The number of ether oxygens (including phenoxy) is 3. The van der Waals surface area contributed by atoms with Crippen LogP contribution in [0, 0.1) is 10.1 Å². The first-order valence-electron chi connectivity index (χ1n) is 16.8. The maximum Gasteiger partial charge on any atom is 0.328 e. The number of benzene rings is 3. The van der Waals surface area contributed by atoms with E-state index in [1.807, 2.05) is 4.90 Å². The molecule has 0 aliphatic rings. The maximum atomic E-state index is 13.2. The molecule has 2 atom stereocenters. The van der Waals surface area contributed by atoms with E-state index in [-0.39, 0.29) is 63.5 Å². The molecule has 7 N–H and O–H groups in total. The van der Waals surface area contributed by atoms with Crippen LogP contribution in [0.5, 0.6) is 34.5 Å². The summed E-state index contributed by atoms with van der Waals surface area (Å²) >= 11 is 0. The van der Waals surface area contributed by atoms with Crippen LogP contribution in [-0.4, -0.2) is 117 Å². The van der Waals surface area contributed by atoms with Gasteiger partial charge in [0.15, 0.2) is 40.3 Å². The molecular formula is C35H47N2O15P. The van der Waals surface area contributed by atoms with Gasteiger partial charge in [0, 0.05) is 19.0 Å². The number of Topliss-reactive ketones (excluding diaryl/α,β-unsaturated/α-hetero) is 1. The highest BCUT2D eigenvalue weighted by atomic mass is 31.2. The van der Waals surface area contributed by atoms with E-state index >= 15 is 0 Å². The molecule has 292 valence electrons. The zero-order valence-electron chi connectivity index (χ0n) is 29.3. The second kappa shape index (κ2) is 21.3. The normalized spacial score (nSPS) is 13.2. The third-order valence-electron chi connectivity index (χ3n) is 8.01. The average Bonchev–Trinajstić information content (AvgIpc) is 3.10. The Balaban J connectivity index is 1.38. The van der Waals surface area contributed by atoms with Crippen molar-refractivity contribution in [2.45, 2.75) is 38.2 Å². The van der Waals surface area contributed by atoms with Crippen molar-refractivity contribution in [2.75, 3.05) is 65.9 Å². The fourth-order valence-corrected chi connectivity index (χ4v) is 6.27. The molecule has 18 heteroatoms. The molecule has 0 spiro atoms. The van der Waals surface area contributed by atoms with E-state index in [0.29, 0.717) is 49.9 Å². The zero-order chi connectivity index (χ0) is 39.0. The van der Waals surface area contributed by atoms with Crippen molar-refractivity contribution >= 4 is 19.1 Å². The Morgan fingerprint density at radius 3 is 1.96 bits per heavy atom. The van der Waals surface area contributed by atoms with Crippen molar-refractivity contribution in [1.29, 1.82) is 0 Å². The number of nitro benzene ring substituents is 1. The Kier molecular flexibility index (Phi) is 17.2. The van der Waals surface area contributed by atoms with Gasteiger partial charge in [-0.3, -0.25) is 19.5 Å². The van der Waals surface area contributed by atoms with Gasteiger partial charge in [-0.1, -0.05) is 12.1 Å². The largest absolute Gasteiger partial charge is 0.504 e. The smallest absolute Gasteiger partial charge is 0.328 e. The number of nitrogens with zero attached hydrogens (tertiary/aromatic N) is 2. The number of hydrogen-bond donors (Lipinski definition) is 7. The van der Waals surface area contributed by atoms with Crippen LogP contribution in [0.1, 0.15) is 42.1 Å². The van der Waals surface area contributed by atoms with Crippen LogP contribution >= 0.6 is 7.60 Å². The van der Waals surface area contributed by atoms with Crippen LogP contribution in [0.15, 0.2) is 48.5 Å². The molecule has 0 aliphatic carbocycles. The molecule has 3 rings (SSSR count). The highest BCUT2D eigenvalue weighted by molar-refractivity contribution is 7.52. The molecule has 0 aliphatic heterocycles. The van der Waals surface area contributed by atoms with E-state index in [1.54, 1.807) is 13.1 Å². The van der Waals surface area contributed by atoms with Crippen molar-refractivity contribution in [1.82, 2.24) is 4.90 Å². The van der Waals surface area contributed by atoms with Gasteiger partial charge >= 0.3 is 7.60 Å². The number of phenols is 6. The summed E-state index contributed by atoms with van der Waals surface area (Å²) < 4.78 is 34.6. The van der Waals surface area contributed by atoms with Crippen LogP contribution in [0.25, 0.3) is 0 Å². The van der Waals surface area contributed by atoms with Gasteiger partial charge < -0.3 is 59.2 Å². The lowest BCUT2D eigenvalue weighted by Crippen LogP contribution is -2.27. The molecule has 0 saturated heterocycles. The van der Waals surface area contributed by atoms with E-state index < -0.39 is 58.9 Å². The fourth-order valence-electron chi connectivity index (χ4n) is 5.18. The lowest BCUT2D eigenvalue weighted by Gasteiger charge is -2.21. The number of phenolic OH excluding ortho intramolecular Hbond substituents is 6. The minimum Gasteiger partial charge on any atom is -0.504 e. The van der Waals surface area contributed by atoms with E-state index in [1.165, 1.54) is 42.5 Å². The van der Waals surface area contributed by atoms with Crippen molar-refractivity contribution in [3.8, 4) is 34.5 Å². The first-order valence-corrected chi connectivity index (χ1v) is 18.6. The number of carbonyl (C=O) groups is 1. The van der Waals surface area contributed by atoms with Crippen molar-refractivity contribution in [3.05, 3.63) is 75.3 Å². The number of likely N-dealkylation sites (N-methyl/N-ethyl adjacent to an activating group) is 1. The number of hydrogen-bond acceptors (Lipinski definition) is 15. The summed E-state index contributed by atoms with van der Waals surface area (Å²) in [6.07, 6.45) is -0.126. The van der Waals surface area contributed by atoms with Gasteiger partial charge in [0.25, 0.3) is 5.69 Å². The summed E-state index contributed by atoms with van der Waals surface area (Å²) in [6, 6.07) is 11.0. The van der Waals surface area contributed by atoms with Crippen LogP contribution in [-0.2, 0) is 40.9 Å². The second-order valence-corrected chi connectivity index (χ2v) is 14.2. The maximum absolute atomic E-state index is 13.2. The molecule has 0 heterocycles. The number of carbonyl (C=O) groups excluding carboxylic acids is 1. The van der Waals surface area contributed by atoms with Crippen LogP contribution in [0.3, 0.4) is 0 Å². The van der Waals surface area contributed by atoms with E-state index in [0.717, 1.165) is 0 Å². The topological polar surface area (TPSA) is 259 Å². The molecule has 2 unspecified atom stereocenters. The van der Waals surface area contributed by atoms with Crippen molar-refractivity contribution in [2.24, 2.45) is 0 Å². The molecule has 0 radical (unpaired) electrons. The van der Waals surface area contributed by atoms with Gasteiger partial charge in [-0.25, -0.2) is 0 Å². The minimum absolute atomic E-state index is 0.00950. The summed E-state index contributed by atoms with van der Waals surface area (Å²) in [5.41, 5.74) is 0.922. The summed E-state index contributed by atoms with van der Waals surface area (Å²) in [6.45, 7) is 1.29. The van der Waals surface area contributed by atoms with E-state index in [9.17, 15) is 55.0 Å². The standard InChI is InChI=1S/C35H47N2O15P/c1-36(11-5-19-53(47,48)52-13-4-6-24-20-29(39)33(43)30(40)21-24)12-16-51-35(26-7-2-3-8-27(26)37(45)46)28(38)10-15-50-18-17-49-14-9-25-22-31(41)34(44)32(42)23-25/h2-3,7-8,20-23,35,39-44H,4-6,9-19H2,1H3,(H,47,48). The van der Waals surface area contributed by atoms with E-state index in [4.69, 9.17) is 18.7 Å². The van der Waals surface area contributed by atoms with Gasteiger partial charge in [0.1, 0.15) is 6.10 Å². The Morgan fingerprint density at radius 1 is 0.792 bits per heavy atom. The van der Waals surface area contributed by atoms with Crippen LogP contribution in [0.4, 0.5) is 5.69 Å². The molecule has 0 fully saturated rings. The average molecular weight is 767 g/mol. The molecule has 17 nitrogen and oxygen atoms in total. The number of ketones is 1. The molecule has 0 saturated carbocycles. The van der Waals surface area contributed by atoms with Crippen LogP contribution in [0.2, 0.25) is 0 Å². The first-order chi connectivity index (χ1) is 25.2. The highest BCUT2D eigenvalue weighted by Crippen LogP contribution is 2.43. The number of nitro groups is 1. The van der Waals surface area contributed by atoms with E-state index in [2.05, 4.69) is 0 Å². The van der Waals surface area contributed by atoms with Crippen molar-refractivity contribution in [3.63, 3.8) is 0 Å². The zero-order valence-corrected chi connectivity index (χ0v) is 30.2. The predicted octanol–water partition coefficient (Wildman–Crippen LogP) is 4.28. The Hall–Kier alpha value is -4.48. The SMILES string of the molecule is CN(CCCP(=O)(O)OCCCc1cc(O)c(O)c(O)c1)CCOC(C(=O)CCOCCOCCc1cc(O)c(O)c(O)c1)c1ccccc1[N+](=O)[O-]. The molecule has 0 aromatic heterocycles. The van der Waals surface area contributed by atoms with Gasteiger partial charge in [-0.05, 0) is 80.7 Å². The highest BCUT2D eigenvalue weighted by Gasteiger charge is 2.28. The monoisotopic (exact) mass is 766 g/mol. The number of aromatic hydroxyl groups is 6. The van der Waals surface area contributed by atoms with Gasteiger partial charge in [0.05, 0.1) is 56.3 Å². The Bertz CT molecular complexity index is 1660. The summed E-state index contributed by atoms with van der Waals surface area (Å²) in [5.74, 6) is -3.46. The van der Waals surface area contributed by atoms with Gasteiger partial charge in [-0.15, -0.1) is 0 Å². The fraction of sp³-hybridized carbons (Fsp3) is 0.457. The van der Waals surface area contributed by atoms with Crippen molar-refractivity contribution < 1.29 is 68.5 Å². The number of rotatable bonds is 25. The second-order valence-electron chi connectivity index (χ2n) is 12.2. The summed E-state index contributed by atoms with van der Waals surface area (Å²) in [5, 5.41) is 69.0. The third-order valence-corrected chi connectivity index (χ3v) is 9.48. The number of aryl methyl sites for hydroxylation is 1. The van der Waals surface area contributed by atoms with Crippen LogP contribution < -0.4 is 0 Å². The predicted molar refractivity (Wildman–Crippen MR) is 191 cm³/mol. The Morgan fingerprint density at radius 2 is 1.36 bits per heavy atom. The van der Waals surface area contributed by atoms with Gasteiger partial charge in [-0.2, -0.15) is 0 Å². The summed E-state index contributed by atoms with van der Waals surface area (Å²) in [4.78, 5) is 36.4. The van der Waals surface area contributed by atoms with Gasteiger partial charge in [0.2, 0.25) is 0 Å². The molecule has 53 heavy (non-hydrogen) atoms. The third kappa shape index (κ3) is 14.5. The molecule has 3 aromatic rings.